The Balaban J connectivity index is 2.78. The fourth-order valence-electron chi connectivity index (χ4n) is 1.96. The van der Waals surface area contributed by atoms with Crippen molar-refractivity contribution in [3.8, 4) is 0 Å². The molecule has 0 aromatic heterocycles. The van der Waals surface area contributed by atoms with E-state index in [1.54, 1.807) is 13.8 Å². The Hall–Kier alpha value is -0.900. The van der Waals surface area contributed by atoms with Gasteiger partial charge in [0.2, 0.25) is 0 Å². The van der Waals surface area contributed by atoms with Crippen LogP contribution >= 0.6 is 0 Å². The lowest BCUT2D eigenvalue weighted by molar-refractivity contribution is -0.160. The second-order valence-corrected chi connectivity index (χ2v) is 4.63. The summed E-state index contributed by atoms with van der Waals surface area (Å²) >= 11 is 0. The molecule has 1 rings (SSSR count). The first-order valence-electron chi connectivity index (χ1n) is 5.89. The molecule has 1 aliphatic rings. The lowest BCUT2D eigenvalue weighted by atomic mass is 9.79. The molecule has 4 heteroatoms. The van der Waals surface area contributed by atoms with Crippen molar-refractivity contribution in [1.29, 1.82) is 0 Å². The fourth-order valence-corrected chi connectivity index (χ4v) is 1.96. The maximum absolute atomic E-state index is 12.0. The molecule has 1 saturated heterocycles. The average molecular weight is 227 g/mol. The van der Waals surface area contributed by atoms with E-state index < -0.39 is 5.41 Å². The number of hydrogen-bond acceptors (Lipinski definition) is 4. The molecular formula is C12H21NO3. The molecule has 0 N–H and O–H groups in total. The summed E-state index contributed by atoms with van der Waals surface area (Å²) in [6.07, 6.45) is 1.85. The van der Waals surface area contributed by atoms with Crippen molar-refractivity contribution >= 4 is 11.8 Å². The van der Waals surface area contributed by atoms with Crippen molar-refractivity contribution in [3.05, 3.63) is 0 Å². The van der Waals surface area contributed by atoms with Crippen LogP contribution in [0.1, 0.15) is 33.1 Å². The van der Waals surface area contributed by atoms with Crippen molar-refractivity contribution in [3.63, 3.8) is 0 Å². The predicted octanol–water partition coefficient (Wildman–Crippen LogP) is 1.24. The Morgan fingerprint density at radius 1 is 1.50 bits per heavy atom. The van der Waals surface area contributed by atoms with Crippen LogP contribution in [0.3, 0.4) is 0 Å². The summed E-state index contributed by atoms with van der Waals surface area (Å²) < 4.78 is 5.01. The Bertz CT molecular complexity index is 267. The summed E-state index contributed by atoms with van der Waals surface area (Å²) in [7, 11) is 2.02. The van der Waals surface area contributed by atoms with Crippen LogP contribution in [0, 0.1) is 5.41 Å². The molecule has 1 heterocycles. The number of nitrogens with zero attached hydrogens (tertiary/aromatic N) is 1. The Kier molecular flexibility index (Phi) is 4.47. The second kappa shape index (κ2) is 5.43. The number of carbonyl (C=O) groups is 2. The largest absolute Gasteiger partial charge is 0.465 e. The number of likely N-dealkylation sites (tertiary alicyclic amines) is 1. The summed E-state index contributed by atoms with van der Waals surface area (Å²) in [5.74, 6) is -0.339. The van der Waals surface area contributed by atoms with E-state index in [9.17, 15) is 9.59 Å². The summed E-state index contributed by atoms with van der Waals surface area (Å²) in [5, 5.41) is 0. The lowest BCUT2D eigenvalue weighted by Crippen LogP contribution is -2.42. The number of esters is 1. The van der Waals surface area contributed by atoms with E-state index in [4.69, 9.17) is 4.74 Å². The van der Waals surface area contributed by atoms with Crippen LogP contribution in [-0.4, -0.2) is 43.4 Å². The maximum atomic E-state index is 12.0. The van der Waals surface area contributed by atoms with Crippen molar-refractivity contribution in [2.45, 2.75) is 33.1 Å². The highest BCUT2D eigenvalue weighted by Crippen LogP contribution is 2.28. The fraction of sp³-hybridized carbons (Fsp3) is 0.833. The third kappa shape index (κ3) is 2.82. The Labute approximate surface area is 96.9 Å². The maximum Gasteiger partial charge on any atom is 0.319 e. The quantitative estimate of drug-likeness (QED) is 0.526. The zero-order valence-electron chi connectivity index (χ0n) is 10.4. The van der Waals surface area contributed by atoms with Gasteiger partial charge < -0.3 is 9.64 Å². The average Bonchev–Trinajstić information content (AvgIpc) is 2.24. The van der Waals surface area contributed by atoms with Gasteiger partial charge in [0.1, 0.15) is 11.2 Å². The lowest BCUT2D eigenvalue weighted by Gasteiger charge is -2.30. The van der Waals surface area contributed by atoms with E-state index in [1.165, 1.54) is 0 Å². The molecule has 92 valence electrons. The van der Waals surface area contributed by atoms with Gasteiger partial charge in [-0.2, -0.15) is 0 Å². The molecular weight excluding hydrogens is 206 g/mol. The molecule has 1 fully saturated rings. The van der Waals surface area contributed by atoms with Crippen molar-refractivity contribution < 1.29 is 14.3 Å². The van der Waals surface area contributed by atoms with Crippen molar-refractivity contribution in [2.24, 2.45) is 5.41 Å². The monoisotopic (exact) mass is 227 g/mol. The molecule has 1 unspecified atom stereocenters. The zero-order valence-corrected chi connectivity index (χ0v) is 10.4. The van der Waals surface area contributed by atoms with Gasteiger partial charge in [0.25, 0.3) is 0 Å². The van der Waals surface area contributed by atoms with E-state index in [-0.39, 0.29) is 11.8 Å². The minimum absolute atomic E-state index is 0.0269. The minimum atomic E-state index is -0.940. The van der Waals surface area contributed by atoms with E-state index in [0.717, 1.165) is 19.5 Å². The van der Waals surface area contributed by atoms with Crippen LogP contribution in [0.2, 0.25) is 0 Å². The molecule has 1 aliphatic heterocycles. The summed E-state index contributed by atoms with van der Waals surface area (Å²) in [4.78, 5) is 26.0. The number of hydrogen-bond donors (Lipinski definition) is 0. The van der Waals surface area contributed by atoms with E-state index in [2.05, 4.69) is 4.90 Å². The number of ketones is 1. The summed E-state index contributed by atoms with van der Waals surface area (Å²) in [5.41, 5.74) is -0.940. The molecule has 0 bridgehead atoms. The molecule has 0 aromatic carbocycles. The third-order valence-corrected chi connectivity index (χ3v) is 3.28. The predicted molar refractivity (Wildman–Crippen MR) is 61.1 cm³/mol. The van der Waals surface area contributed by atoms with Gasteiger partial charge in [-0.05, 0) is 46.8 Å². The van der Waals surface area contributed by atoms with Crippen molar-refractivity contribution in [2.75, 3.05) is 26.7 Å². The highest BCUT2D eigenvalue weighted by Gasteiger charge is 2.42. The van der Waals surface area contributed by atoms with Gasteiger partial charge in [-0.1, -0.05) is 0 Å². The number of ether oxygens (including phenoxy) is 1. The van der Waals surface area contributed by atoms with Crippen LogP contribution in [0.15, 0.2) is 0 Å². The first-order chi connectivity index (χ1) is 7.50. The molecule has 0 aromatic rings. The molecule has 4 nitrogen and oxygen atoms in total. The summed E-state index contributed by atoms with van der Waals surface area (Å²) in [6.45, 7) is 5.50. The molecule has 0 spiro atoms. The van der Waals surface area contributed by atoms with Crippen LogP contribution in [-0.2, 0) is 14.3 Å². The molecule has 0 radical (unpaired) electrons. The topological polar surface area (TPSA) is 46.6 Å². The molecule has 0 saturated carbocycles. The third-order valence-electron chi connectivity index (χ3n) is 3.28. The zero-order chi connectivity index (χ0) is 12.2. The van der Waals surface area contributed by atoms with Crippen molar-refractivity contribution in [1.82, 2.24) is 4.90 Å². The highest BCUT2D eigenvalue weighted by atomic mass is 16.5. The number of Topliss-reactive ketones (excluding diaryl/α,β-unsaturated/α-hetero) is 1. The minimum Gasteiger partial charge on any atom is -0.465 e. The molecule has 16 heavy (non-hydrogen) atoms. The van der Waals surface area contributed by atoms with Crippen LogP contribution < -0.4 is 0 Å². The van der Waals surface area contributed by atoms with Gasteiger partial charge in [0.05, 0.1) is 6.61 Å². The van der Waals surface area contributed by atoms with E-state index >= 15 is 0 Å². The first-order valence-corrected chi connectivity index (χ1v) is 5.89. The van der Waals surface area contributed by atoms with Gasteiger partial charge in [-0.25, -0.2) is 0 Å². The smallest absolute Gasteiger partial charge is 0.319 e. The number of rotatable bonds is 2. The van der Waals surface area contributed by atoms with E-state index in [0.29, 0.717) is 19.4 Å². The molecule has 1 atom stereocenters. The number of carbonyl (C=O) groups excluding carboxylic acids is 2. The Morgan fingerprint density at radius 3 is 2.81 bits per heavy atom. The van der Waals surface area contributed by atoms with Gasteiger partial charge in [-0.3, -0.25) is 9.59 Å². The van der Waals surface area contributed by atoms with Gasteiger partial charge in [-0.15, -0.1) is 0 Å². The SMILES string of the molecule is CCOC(=O)C1(C)CCN(C)CCCC1=O. The molecule has 0 aliphatic carbocycles. The highest BCUT2D eigenvalue weighted by molar-refractivity contribution is 6.03. The van der Waals surface area contributed by atoms with Crippen LogP contribution in [0.5, 0.6) is 0 Å². The molecule has 0 amide bonds. The van der Waals surface area contributed by atoms with Gasteiger partial charge >= 0.3 is 5.97 Å². The van der Waals surface area contributed by atoms with Gasteiger partial charge in [0.15, 0.2) is 0 Å². The normalized spacial score (nSPS) is 28.3. The Morgan fingerprint density at radius 2 is 2.19 bits per heavy atom. The first kappa shape index (κ1) is 13.2. The standard InChI is InChI=1S/C12H21NO3/c1-4-16-11(15)12(2)7-9-13(3)8-5-6-10(12)14/h4-9H2,1-3H3. The van der Waals surface area contributed by atoms with E-state index in [1.807, 2.05) is 7.05 Å². The van der Waals surface area contributed by atoms with Crippen LogP contribution in [0.25, 0.3) is 0 Å². The van der Waals surface area contributed by atoms with Gasteiger partial charge in [0, 0.05) is 6.42 Å². The summed E-state index contributed by atoms with van der Waals surface area (Å²) in [6, 6.07) is 0. The van der Waals surface area contributed by atoms with Crippen LogP contribution in [0.4, 0.5) is 0 Å². The second-order valence-electron chi connectivity index (χ2n) is 4.63.